The lowest BCUT2D eigenvalue weighted by Gasteiger charge is -2.37. The molecule has 1 N–H and O–H groups in total. The first-order valence-corrected chi connectivity index (χ1v) is 10.8. The fourth-order valence-corrected chi connectivity index (χ4v) is 4.90. The smallest absolute Gasteiger partial charge is 0.231 e. The highest BCUT2D eigenvalue weighted by Crippen LogP contribution is 2.49. The molecule has 1 aromatic carbocycles. The maximum absolute atomic E-state index is 5.57. The van der Waals surface area contributed by atoms with Crippen molar-refractivity contribution in [3.8, 4) is 11.5 Å². The summed E-state index contributed by atoms with van der Waals surface area (Å²) < 4.78 is 11.0. The minimum absolute atomic E-state index is 0. The van der Waals surface area contributed by atoms with Crippen molar-refractivity contribution >= 4 is 46.3 Å². The van der Waals surface area contributed by atoms with Gasteiger partial charge in [-0.3, -0.25) is 4.99 Å². The maximum atomic E-state index is 5.57. The number of guanidine groups is 1. The molecule has 1 saturated carbocycles. The van der Waals surface area contributed by atoms with Crippen LogP contribution < -0.4 is 19.7 Å². The minimum atomic E-state index is 0. The number of fused-ring (bicyclic) bond motifs is 1. The third-order valence-electron chi connectivity index (χ3n) is 6.03. The summed E-state index contributed by atoms with van der Waals surface area (Å²) in [5.41, 5.74) is 1.53. The van der Waals surface area contributed by atoms with E-state index in [0.717, 1.165) is 50.2 Å². The van der Waals surface area contributed by atoms with Gasteiger partial charge < -0.3 is 24.6 Å². The second-order valence-corrected chi connectivity index (χ2v) is 8.60. The van der Waals surface area contributed by atoms with Crippen LogP contribution in [0.25, 0.3) is 0 Å². The molecule has 3 heterocycles. The highest BCUT2D eigenvalue weighted by molar-refractivity contribution is 14.0. The summed E-state index contributed by atoms with van der Waals surface area (Å²) in [5.74, 6) is 2.74. The largest absolute Gasteiger partial charge is 0.454 e. The lowest BCUT2D eigenvalue weighted by atomic mass is 9.95. The van der Waals surface area contributed by atoms with Gasteiger partial charge in [-0.25, -0.2) is 0 Å². The number of ether oxygens (including phenoxy) is 2. The van der Waals surface area contributed by atoms with Crippen LogP contribution in [-0.2, 0) is 5.41 Å². The van der Waals surface area contributed by atoms with Crippen molar-refractivity contribution in [2.24, 2.45) is 4.99 Å². The molecule has 0 spiro atoms. The van der Waals surface area contributed by atoms with Crippen molar-refractivity contribution in [2.45, 2.75) is 18.3 Å². The summed E-state index contributed by atoms with van der Waals surface area (Å²) in [6, 6.07) is 10.7. The first-order chi connectivity index (χ1) is 13.8. The number of hydrogen-bond donors (Lipinski definition) is 1. The Balaban J connectivity index is 0.00000205. The van der Waals surface area contributed by atoms with Gasteiger partial charge in [0.25, 0.3) is 0 Å². The fourth-order valence-electron chi connectivity index (χ4n) is 4.11. The molecule has 2 aromatic rings. The van der Waals surface area contributed by atoms with Gasteiger partial charge in [0, 0.05) is 45.2 Å². The molecule has 1 aliphatic carbocycles. The number of hydrogen-bond acceptors (Lipinski definition) is 5. The minimum Gasteiger partial charge on any atom is -0.454 e. The van der Waals surface area contributed by atoms with Crippen molar-refractivity contribution < 1.29 is 9.47 Å². The van der Waals surface area contributed by atoms with Crippen LogP contribution in [0, 0.1) is 0 Å². The predicted molar refractivity (Wildman–Crippen MR) is 128 cm³/mol. The molecule has 0 radical (unpaired) electrons. The SMILES string of the molecule is CN=C(NCC1(c2ccc3c(c2)OCO3)CC1)N1CCN(c2cccs2)CC1.I. The molecule has 8 heteroatoms. The molecular formula is C21H27IN4O2S. The molecular weight excluding hydrogens is 499 g/mol. The second kappa shape index (κ2) is 8.59. The van der Waals surface area contributed by atoms with E-state index in [-0.39, 0.29) is 29.4 Å². The van der Waals surface area contributed by atoms with Crippen LogP contribution in [0.4, 0.5) is 5.00 Å². The number of thiophene rings is 1. The quantitative estimate of drug-likeness (QED) is 0.376. The zero-order valence-electron chi connectivity index (χ0n) is 16.6. The van der Waals surface area contributed by atoms with E-state index in [9.17, 15) is 0 Å². The molecule has 156 valence electrons. The van der Waals surface area contributed by atoms with Gasteiger partial charge in [0.15, 0.2) is 17.5 Å². The van der Waals surface area contributed by atoms with E-state index < -0.39 is 0 Å². The first kappa shape index (κ1) is 20.6. The molecule has 6 nitrogen and oxygen atoms in total. The molecule has 2 fully saturated rings. The number of nitrogens with one attached hydrogen (secondary N) is 1. The summed E-state index contributed by atoms with van der Waals surface area (Å²) >= 11 is 1.82. The zero-order valence-corrected chi connectivity index (χ0v) is 19.7. The number of aliphatic imine (C=N–C) groups is 1. The Kier molecular flexibility index (Phi) is 6.10. The average Bonchev–Trinajstić information content (AvgIpc) is 3.13. The van der Waals surface area contributed by atoms with E-state index in [1.165, 1.54) is 23.4 Å². The summed E-state index contributed by atoms with van der Waals surface area (Å²) in [6.07, 6.45) is 2.39. The molecule has 0 amide bonds. The van der Waals surface area contributed by atoms with Gasteiger partial charge in [-0.05, 0) is 48.1 Å². The summed E-state index contributed by atoms with van der Waals surface area (Å²) in [6.45, 7) is 5.30. The summed E-state index contributed by atoms with van der Waals surface area (Å²) in [4.78, 5) is 9.39. The van der Waals surface area contributed by atoms with Crippen LogP contribution in [0.15, 0.2) is 40.7 Å². The molecule has 3 aliphatic rings. The molecule has 1 aromatic heterocycles. The average molecular weight is 526 g/mol. The normalized spacial score (nSPS) is 19.7. The van der Waals surface area contributed by atoms with Crippen molar-refractivity contribution in [3.63, 3.8) is 0 Å². The molecule has 0 unspecified atom stereocenters. The van der Waals surface area contributed by atoms with Gasteiger partial charge in [0.2, 0.25) is 6.79 Å². The lowest BCUT2D eigenvalue weighted by Crippen LogP contribution is -2.53. The maximum Gasteiger partial charge on any atom is 0.231 e. The van der Waals surface area contributed by atoms with E-state index in [1.807, 2.05) is 24.5 Å². The van der Waals surface area contributed by atoms with Gasteiger partial charge in [0.05, 0.1) is 5.00 Å². The number of benzene rings is 1. The molecule has 0 bridgehead atoms. The number of piperazine rings is 1. The number of nitrogens with zero attached hydrogens (tertiary/aromatic N) is 3. The van der Waals surface area contributed by atoms with E-state index in [4.69, 9.17) is 9.47 Å². The van der Waals surface area contributed by atoms with Crippen LogP contribution in [0.3, 0.4) is 0 Å². The van der Waals surface area contributed by atoms with Crippen LogP contribution in [0.1, 0.15) is 18.4 Å². The van der Waals surface area contributed by atoms with Gasteiger partial charge in [-0.1, -0.05) is 6.07 Å². The standard InChI is InChI=1S/C21H26N4O2S.HI/c1-22-20(25-10-8-24(9-11-25)19-3-2-12-28-19)23-14-21(6-7-21)16-4-5-17-18(13-16)27-15-26-17;/h2-5,12-13H,6-11,14-15H2,1H3,(H,22,23);1H. The zero-order chi connectivity index (χ0) is 19.0. The van der Waals surface area contributed by atoms with E-state index in [2.05, 4.69) is 49.8 Å². The topological polar surface area (TPSA) is 49.3 Å². The Morgan fingerprint density at radius 3 is 2.62 bits per heavy atom. The van der Waals surface area contributed by atoms with Crippen molar-refractivity contribution in [1.29, 1.82) is 0 Å². The highest BCUT2D eigenvalue weighted by Gasteiger charge is 2.45. The van der Waals surface area contributed by atoms with Gasteiger partial charge in [-0.15, -0.1) is 35.3 Å². The Hall–Kier alpha value is -1.68. The Morgan fingerprint density at radius 1 is 1.14 bits per heavy atom. The van der Waals surface area contributed by atoms with Gasteiger partial charge in [-0.2, -0.15) is 0 Å². The number of rotatable bonds is 4. The van der Waals surface area contributed by atoms with Crippen LogP contribution in [0.2, 0.25) is 0 Å². The second-order valence-electron chi connectivity index (χ2n) is 7.67. The van der Waals surface area contributed by atoms with Crippen LogP contribution in [-0.4, -0.2) is 57.4 Å². The Labute approximate surface area is 192 Å². The molecule has 1 saturated heterocycles. The number of halogens is 1. The van der Waals surface area contributed by atoms with Crippen molar-refractivity contribution in [2.75, 3.05) is 51.5 Å². The first-order valence-electron chi connectivity index (χ1n) is 9.92. The highest BCUT2D eigenvalue weighted by atomic mass is 127. The molecule has 0 atom stereocenters. The monoisotopic (exact) mass is 526 g/mol. The van der Waals surface area contributed by atoms with Crippen molar-refractivity contribution in [1.82, 2.24) is 10.2 Å². The van der Waals surface area contributed by atoms with E-state index >= 15 is 0 Å². The van der Waals surface area contributed by atoms with E-state index in [0.29, 0.717) is 6.79 Å². The number of anilines is 1. The Bertz CT molecular complexity index is 862. The summed E-state index contributed by atoms with van der Waals surface area (Å²) in [7, 11) is 1.88. The molecule has 2 aliphatic heterocycles. The summed E-state index contributed by atoms with van der Waals surface area (Å²) in [5, 5.41) is 7.16. The lowest BCUT2D eigenvalue weighted by molar-refractivity contribution is 0.174. The fraction of sp³-hybridized carbons (Fsp3) is 0.476. The molecule has 5 rings (SSSR count). The Morgan fingerprint density at radius 2 is 1.93 bits per heavy atom. The van der Waals surface area contributed by atoms with Crippen LogP contribution in [0.5, 0.6) is 11.5 Å². The predicted octanol–water partition coefficient (Wildman–Crippen LogP) is 3.52. The van der Waals surface area contributed by atoms with Gasteiger partial charge >= 0.3 is 0 Å². The van der Waals surface area contributed by atoms with Crippen LogP contribution >= 0.6 is 35.3 Å². The third kappa shape index (κ3) is 4.14. The van der Waals surface area contributed by atoms with E-state index in [1.54, 1.807) is 0 Å². The van der Waals surface area contributed by atoms with Crippen molar-refractivity contribution in [3.05, 3.63) is 41.3 Å². The third-order valence-corrected chi connectivity index (χ3v) is 6.96. The molecule has 29 heavy (non-hydrogen) atoms. The van der Waals surface area contributed by atoms with Gasteiger partial charge in [0.1, 0.15) is 0 Å².